The minimum atomic E-state index is 0. The highest BCUT2D eigenvalue weighted by molar-refractivity contribution is 6.31. The van der Waals surface area contributed by atoms with Gasteiger partial charge in [-0.1, -0.05) is 19.0 Å². The molecule has 0 aliphatic rings. The summed E-state index contributed by atoms with van der Waals surface area (Å²) in [6.07, 6.45) is 3.26. The summed E-state index contributed by atoms with van der Waals surface area (Å²) in [5, 5.41) is 0.551. The average molecular weight is 318 g/mol. The van der Waals surface area contributed by atoms with E-state index in [0.29, 0.717) is 21.9 Å². The third-order valence-electron chi connectivity index (χ3n) is 2.86. The topological polar surface area (TPSA) is 57.1 Å². The van der Waals surface area contributed by atoms with E-state index >= 15 is 0 Å². The molecule has 2 heterocycles. The average Bonchev–Trinajstić information content (AvgIpc) is 2.52. The van der Waals surface area contributed by atoms with Gasteiger partial charge >= 0.3 is 0 Å². The van der Waals surface area contributed by atoms with Gasteiger partial charge in [0.2, 0.25) is 0 Å². The molecule has 6 heteroatoms. The summed E-state index contributed by atoms with van der Waals surface area (Å²) in [7, 11) is 1.58. The first-order chi connectivity index (χ1) is 10.3. The molecule has 0 aliphatic carbocycles. The summed E-state index contributed by atoms with van der Waals surface area (Å²) in [5.74, 6) is 1.34. The molecule has 0 spiro atoms. The Kier molecular flexibility index (Phi) is 5.25. The van der Waals surface area contributed by atoms with Gasteiger partial charge in [0, 0.05) is 18.9 Å². The molecule has 0 atom stereocenters. The van der Waals surface area contributed by atoms with Crippen LogP contribution in [0.25, 0.3) is 22.4 Å². The normalized spacial score (nSPS) is 10.3. The summed E-state index contributed by atoms with van der Waals surface area (Å²) >= 11 is 5.94. The van der Waals surface area contributed by atoms with E-state index in [1.807, 2.05) is 24.3 Å². The maximum absolute atomic E-state index is 5.94. The Morgan fingerprint density at radius 3 is 2.55 bits per heavy atom. The molecular weight excluding hydrogens is 302 g/mol. The highest BCUT2D eigenvalue weighted by Gasteiger charge is 2.05. The predicted molar refractivity (Wildman–Crippen MR) is 87.0 cm³/mol. The van der Waals surface area contributed by atoms with Crippen molar-refractivity contribution in [3.63, 3.8) is 0 Å². The lowest BCUT2D eigenvalue weighted by atomic mass is 10.2. The van der Waals surface area contributed by atoms with Crippen LogP contribution in [-0.4, -0.2) is 28.9 Å². The summed E-state index contributed by atoms with van der Waals surface area (Å²) in [6.45, 7) is 0.218. The number of halogens is 1. The zero-order valence-corrected chi connectivity index (χ0v) is 12.0. The molecule has 3 rings (SSSR count). The molecule has 0 saturated carbocycles. The van der Waals surface area contributed by atoms with Crippen LogP contribution in [0.4, 0.5) is 0 Å². The number of aromatic nitrogens is 3. The number of pyridine rings is 1. The number of hydrogen-bond acceptors (Lipinski definition) is 5. The second-order valence-corrected chi connectivity index (χ2v) is 4.76. The molecule has 0 N–H and O–H groups in total. The van der Waals surface area contributed by atoms with Gasteiger partial charge in [0.05, 0.1) is 16.7 Å². The number of nitrogens with zero attached hydrogens (tertiary/aromatic N) is 3. The fourth-order valence-electron chi connectivity index (χ4n) is 1.86. The van der Waals surface area contributed by atoms with Gasteiger partial charge in [-0.25, -0.2) is 9.97 Å². The Morgan fingerprint density at radius 1 is 1.05 bits per heavy atom. The predicted octanol–water partition coefficient (Wildman–Crippen LogP) is 3.96. The molecule has 0 aliphatic heterocycles. The number of rotatable bonds is 4. The molecule has 0 unspecified atom stereocenters. The van der Waals surface area contributed by atoms with E-state index in [1.165, 1.54) is 0 Å². The lowest BCUT2D eigenvalue weighted by Gasteiger charge is -2.06. The van der Waals surface area contributed by atoms with Crippen molar-refractivity contribution in [3.8, 4) is 17.1 Å². The van der Waals surface area contributed by atoms with E-state index in [1.54, 1.807) is 25.6 Å². The third-order valence-corrected chi connectivity index (χ3v) is 3.06. The monoisotopic (exact) mass is 317 g/mol. The van der Waals surface area contributed by atoms with Crippen LogP contribution in [0, 0.1) is 0 Å². The molecule has 3 aromatic rings. The lowest BCUT2D eigenvalue weighted by molar-refractivity contribution is 0.0511. The number of methoxy groups -OCH3 is 1. The van der Waals surface area contributed by atoms with Gasteiger partial charge in [-0.2, -0.15) is 0 Å². The minimum Gasteiger partial charge on any atom is -0.468 e. The first-order valence-electron chi connectivity index (χ1n) is 6.27. The summed E-state index contributed by atoms with van der Waals surface area (Å²) in [4.78, 5) is 13.0. The van der Waals surface area contributed by atoms with Gasteiger partial charge < -0.3 is 9.47 Å². The first-order valence-corrected chi connectivity index (χ1v) is 6.64. The van der Waals surface area contributed by atoms with Crippen molar-refractivity contribution in [3.05, 3.63) is 47.7 Å². The van der Waals surface area contributed by atoms with Crippen LogP contribution in [0.3, 0.4) is 0 Å². The van der Waals surface area contributed by atoms with Crippen LogP contribution in [0.15, 0.2) is 42.7 Å². The van der Waals surface area contributed by atoms with E-state index in [0.717, 1.165) is 11.3 Å². The molecule has 22 heavy (non-hydrogen) atoms. The Hall–Kier alpha value is -2.24. The molecule has 0 saturated heterocycles. The van der Waals surface area contributed by atoms with Crippen LogP contribution < -0.4 is 4.74 Å². The van der Waals surface area contributed by atoms with Gasteiger partial charge in [-0.05, 0) is 30.3 Å². The van der Waals surface area contributed by atoms with Crippen molar-refractivity contribution in [1.82, 2.24) is 15.0 Å². The highest BCUT2D eigenvalue weighted by Crippen LogP contribution is 2.21. The minimum absolute atomic E-state index is 0. The van der Waals surface area contributed by atoms with Crippen molar-refractivity contribution in [2.24, 2.45) is 0 Å². The van der Waals surface area contributed by atoms with Crippen molar-refractivity contribution in [2.75, 3.05) is 13.9 Å². The lowest BCUT2D eigenvalue weighted by Crippen LogP contribution is -1.98. The summed E-state index contributed by atoms with van der Waals surface area (Å²) < 4.78 is 10.2. The SMILES string of the molecule is C.COCOc1ccc(-c2ncc3ncc(Cl)cc3n2)cc1. The van der Waals surface area contributed by atoms with Crippen LogP contribution in [-0.2, 0) is 4.74 Å². The fraction of sp³-hybridized carbons (Fsp3) is 0.188. The molecule has 2 aromatic heterocycles. The number of hydrogen-bond donors (Lipinski definition) is 0. The second-order valence-electron chi connectivity index (χ2n) is 4.33. The van der Waals surface area contributed by atoms with Crippen LogP contribution in [0.2, 0.25) is 5.02 Å². The second kappa shape index (κ2) is 7.15. The molecule has 0 amide bonds. The van der Waals surface area contributed by atoms with Crippen LogP contribution in [0.1, 0.15) is 7.43 Å². The zero-order valence-electron chi connectivity index (χ0n) is 11.3. The largest absolute Gasteiger partial charge is 0.468 e. The standard InChI is InChI=1S/C15H12ClN3O2.CH4/c1-20-9-21-12-4-2-10(3-5-12)15-18-8-14-13(19-15)6-11(16)7-17-14;/h2-8H,9H2,1H3;1H4. The molecule has 5 nitrogen and oxygen atoms in total. The number of fused-ring (bicyclic) bond motifs is 1. The maximum Gasteiger partial charge on any atom is 0.188 e. The van der Waals surface area contributed by atoms with Crippen molar-refractivity contribution in [2.45, 2.75) is 7.43 Å². The molecule has 114 valence electrons. The van der Waals surface area contributed by atoms with E-state index in [9.17, 15) is 0 Å². The maximum atomic E-state index is 5.94. The molecule has 0 bridgehead atoms. The molecular formula is C16H16ClN3O2. The summed E-state index contributed by atoms with van der Waals surface area (Å²) in [6, 6.07) is 9.25. The van der Waals surface area contributed by atoms with E-state index in [4.69, 9.17) is 21.1 Å². The van der Waals surface area contributed by atoms with Crippen LogP contribution >= 0.6 is 11.6 Å². The van der Waals surface area contributed by atoms with E-state index < -0.39 is 0 Å². The highest BCUT2D eigenvalue weighted by atomic mass is 35.5. The Labute approximate surface area is 133 Å². The van der Waals surface area contributed by atoms with E-state index in [-0.39, 0.29) is 14.2 Å². The van der Waals surface area contributed by atoms with E-state index in [2.05, 4.69) is 15.0 Å². The first kappa shape index (κ1) is 16.1. The third kappa shape index (κ3) is 3.50. The quantitative estimate of drug-likeness (QED) is 0.682. The fourth-order valence-corrected chi connectivity index (χ4v) is 2.01. The molecule has 1 aromatic carbocycles. The Balaban J connectivity index is 0.00000176. The van der Waals surface area contributed by atoms with Crippen molar-refractivity contribution in [1.29, 1.82) is 0 Å². The number of benzene rings is 1. The summed E-state index contributed by atoms with van der Waals surface area (Å²) in [5.41, 5.74) is 2.32. The van der Waals surface area contributed by atoms with Gasteiger partial charge in [0.25, 0.3) is 0 Å². The smallest absolute Gasteiger partial charge is 0.188 e. The Morgan fingerprint density at radius 2 is 1.82 bits per heavy atom. The van der Waals surface area contributed by atoms with Gasteiger partial charge in [0.15, 0.2) is 12.6 Å². The van der Waals surface area contributed by atoms with Gasteiger partial charge in [-0.3, -0.25) is 4.98 Å². The molecule has 0 radical (unpaired) electrons. The van der Waals surface area contributed by atoms with Gasteiger partial charge in [0.1, 0.15) is 11.3 Å². The van der Waals surface area contributed by atoms with Gasteiger partial charge in [-0.15, -0.1) is 0 Å². The Bertz CT molecular complexity index is 763. The van der Waals surface area contributed by atoms with Crippen molar-refractivity contribution < 1.29 is 9.47 Å². The number of ether oxygens (including phenoxy) is 2. The molecule has 0 fully saturated rings. The zero-order chi connectivity index (χ0) is 14.7. The van der Waals surface area contributed by atoms with Crippen molar-refractivity contribution >= 4 is 22.6 Å². The van der Waals surface area contributed by atoms with Crippen LogP contribution in [0.5, 0.6) is 5.75 Å².